The van der Waals surface area contributed by atoms with E-state index in [0.717, 1.165) is 69.4 Å². The first-order chi connectivity index (χ1) is 19.6. The van der Waals surface area contributed by atoms with E-state index in [2.05, 4.69) is 18.7 Å². The van der Waals surface area contributed by atoms with Crippen molar-refractivity contribution < 1.29 is 40.6 Å². The van der Waals surface area contributed by atoms with Crippen LogP contribution in [0.3, 0.4) is 0 Å². The van der Waals surface area contributed by atoms with Crippen molar-refractivity contribution in [2.75, 3.05) is 26.2 Å². The van der Waals surface area contributed by atoms with Gasteiger partial charge in [-0.3, -0.25) is 0 Å². The van der Waals surface area contributed by atoms with E-state index in [9.17, 15) is 26.3 Å². The lowest BCUT2D eigenvalue weighted by Crippen LogP contribution is -2.48. The topological polar surface area (TPSA) is 30.9 Å². The molecule has 0 aromatic heterocycles. The highest BCUT2D eigenvalue weighted by molar-refractivity contribution is 5.35. The monoisotopic (exact) mass is 599 g/mol. The van der Waals surface area contributed by atoms with Crippen molar-refractivity contribution in [2.24, 2.45) is 5.92 Å². The lowest BCUT2D eigenvalue weighted by Gasteiger charge is -2.44. The van der Waals surface area contributed by atoms with E-state index >= 15 is 0 Å². The highest BCUT2D eigenvalue weighted by Crippen LogP contribution is 2.45. The van der Waals surface area contributed by atoms with Gasteiger partial charge in [-0.1, -0.05) is 30.3 Å². The molecule has 232 valence electrons. The normalized spacial score (nSPS) is 27.3. The first kappa shape index (κ1) is 31.3. The molecule has 1 spiro atoms. The largest absolute Gasteiger partial charge is 0.416 e. The summed E-state index contributed by atoms with van der Waals surface area (Å²) in [7, 11) is 0. The lowest BCUT2D eigenvalue weighted by molar-refractivity contribution is -0.211. The van der Waals surface area contributed by atoms with Gasteiger partial charge in [-0.25, -0.2) is 0 Å². The van der Waals surface area contributed by atoms with E-state index in [1.54, 1.807) is 0 Å². The van der Waals surface area contributed by atoms with Crippen LogP contribution in [0.1, 0.15) is 87.2 Å². The van der Waals surface area contributed by atoms with Crippen LogP contribution in [-0.2, 0) is 26.6 Å². The smallest absolute Gasteiger partial charge is 0.369 e. The molecule has 4 nitrogen and oxygen atoms in total. The Morgan fingerprint density at radius 1 is 0.905 bits per heavy atom. The van der Waals surface area contributed by atoms with Gasteiger partial charge in [0.2, 0.25) is 0 Å². The van der Waals surface area contributed by atoms with Gasteiger partial charge in [-0.2, -0.15) is 26.3 Å². The predicted molar refractivity (Wildman–Crippen MR) is 146 cm³/mol. The molecular weight excluding hydrogens is 560 g/mol. The minimum atomic E-state index is -4.93. The highest BCUT2D eigenvalue weighted by atomic mass is 19.4. The Morgan fingerprint density at radius 2 is 1.52 bits per heavy atom. The Labute approximate surface area is 243 Å². The molecule has 5 rings (SSSR count). The van der Waals surface area contributed by atoms with Gasteiger partial charge in [0.25, 0.3) is 0 Å². The van der Waals surface area contributed by atoms with Crippen LogP contribution in [0.4, 0.5) is 26.3 Å². The summed E-state index contributed by atoms with van der Waals surface area (Å²) < 4.78 is 99.7. The molecule has 4 atom stereocenters. The third kappa shape index (κ3) is 7.14. The number of benzene rings is 2. The summed E-state index contributed by atoms with van der Waals surface area (Å²) in [4.78, 5) is 2.44. The van der Waals surface area contributed by atoms with Crippen LogP contribution in [0.15, 0.2) is 48.5 Å². The number of alkyl halides is 6. The van der Waals surface area contributed by atoms with E-state index < -0.39 is 35.9 Å². The van der Waals surface area contributed by atoms with Gasteiger partial charge in [0.1, 0.15) is 0 Å². The number of nitrogens with zero attached hydrogens (tertiary/aromatic N) is 1. The van der Waals surface area contributed by atoms with E-state index in [1.807, 2.05) is 30.3 Å². The van der Waals surface area contributed by atoms with Crippen molar-refractivity contribution in [3.63, 3.8) is 0 Å². The van der Waals surface area contributed by atoms with Gasteiger partial charge in [0, 0.05) is 25.6 Å². The second kappa shape index (κ2) is 11.7. The molecular formula is C32H39F6NO3. The molecule has 0 aliphatic carbocycles. The summed E-state index contributed by atoms with van der Waals surface area (Å²) in [5.41, 5.74) is -2.10. The SMILES string of the molecule is C[C@@H](O[C@H]1OCCC(CN2CCC3(CC2)CCC(C)(C)O3)[C@@H]1c1ccccc1)c1cc(C(F)(F)F)cc(C(F)(F)F)c1. The molecule has 1 unspecified atom stereocenters. The fourth-order valence-electron chi connectivity index (χ4n) is 6.81. The number of hydrogen-bond donors (Lipinski definition) is 0. The minimum absolute atomic E-state index is 0.0597. The summed E-state index contributed by atoms with van der Waals surface area (Å²) >= 11 is 0. The van der Waals surface area contributed by atoms with E-state index in [4.69, 9.17) is 14.2 Å². The molecule has 3 fully saturated rings. The van der Waals surface area contributed by atoms with Crippen molar-refractivity contribution in [2.45, 2.75) is 94.7 Å². The molecule has 3 saturated heterocycles. The summed E-state index contributed by atoms with van der Waals surface area (Å²) in [5, 5.41) is 0. The zero-order valence-corrected chi connectivity index (χ0v) is 24.2. The maximum atomic E-state index is 13.5. The number of rotatable bonds is 6. The highest BCUT2D eigenvalue weighted by Gasteiger charge is 2.47. The third-order valence-electron chi connectivity index (χ3n) is 9.11. The van der Waals surface area contributed by atoms with Gasteiger partial charge in [0.15, 0.2) is 6.29 Å². The van der Waals surface area contributed by atoms with Crippen LogP contribution in [0, 0.1) is 5.92 Å². The molecule has 0 N–H and O–H groups in total. The Kier molecular flexibility index (Phi) is 8.75. The van der Waals surface area contributed by atoms with Gasteiger partial charge in [0.05, 0.1) is 35.0 Å². The van der Waals surface area contributed by atoms with Gasteiger partial charge >= 0.3 is 12.4 Å². The Balaban J connectivity index is 1.34. The summed E-state index contributed by atoms with van der Waals surface area (Å²) in [6, 6.07) is 11.3. The molecule has 2 aromatic rings. The molecule has 0 bridgehead atoms. The molecule has 10 heteroatoms. The van der Waals surface area contributed by atoms with Crippen molar-refractivity contribution in [3.8, 4) is 0 Å². The summed E-state index contributed by atoms with van der Waals surface area (Å²) in [6.45, 7) is 8.74. The first-order valence-corrected chi connectivity index (χ1v) is 14.7. The van der Waals surface area contributed by atoms with Crippen LogP contribution < -0.4 is 0 Å². The molecule has 3 aliphatic heterocycles. The predicted octanol–water partition coefficient (Wildman–Crippen LogP) is 8.37. The molecule has 0 amide bonds. The average Bonchev–Trinajstić information content (AvgIpc) is 3.23. The average molecular weight is 600 g/mol. The van der Waals surface area contributed by atoms with Crippen molar-refractivity contribution >= 4 is 0 Å². The van der Waals surface area contributed by atoms with Crippen LogP contribution in [0.2, 0.25) is 0 Å². The van der Waals surface area contributed by atoms with Crippen molar-refractivity contribution in [1.82, 2.24) is 4.90 Å². The van der Waals surface area contributed by atoms with Crippen molar-refractivity contribution in [1.29, 1.82) is 0 Å². The van der Waals surface area contributed by atoms with Crippen LogP contribution >= 0.6 is 0 Å². The van der Waals surface area contributed by atoms with E-state index in [-0.39, 0.29) is 34.7 Å². The number of likely N-dealkylation sites (tertiary alicyclic amines) is 1. The fraction of sp³-hybridized carbons (Fsp3) is 0.625. The molecule has 0 saturated carbocycles. The Morgan fingerprint density at radius 3 is 2.07 bits per heavy atom. The van der Waals surface area contributed by atoms with Gasteiger partial charge < -0.3 is 19.1 Å². The molecule has 42 heavy (non-hydrogen) atoms. The Hall–Kier alpha value is -2.14. The maximum Gasteiger partial charge on any atom is 0.416 e. The standard InChI is InChI=1S/C32H39F6NO3/c1-21(24-17-25(31(33,34)35)19-26(18-24)32(36,37)38)41-28-27(22-7-5-4-6-8-22)23(9-16-40-28)20-39-14-12-30(13-15-39)11-10-29(2,3)42-30/h4-8,17-19,21,23,27-28H,9-16,20H2,1-3H3/t21-,23?,27+,28-/m1/s1. The van der Waals surface area contributed by atoms with E-state index in [1.165, 1.54) is 6.92 Å². The fourth-order valence-corrected chi connectivity index (χ4v) is 6.81. The minimum Gasteiger partial charge on any atom is -0.369 e. The first-order valence-electron chi connectivity index (χ1n) is 14.7. The number of hydrogen-bond acceptors (Lipinski definition) is 4. The number of piperidine rings is 1. The molecule has 3 heterocycles. The van der Waals surface area contributed by atoms with Crippen LogP contribution in [-0.4, -0.2) is 48.6 Å². The zero-order valence-electron chi connectivity index (χ0n) is 24.2. The second-order valence-corrected chi connectivity index (χ2v) is 12.7. The van der Waals surface area contributed by atoms with Crippen LogP contribution in [0.5, 0.6) is 0 Å². The van der Waals surface area contributed by atoms with Crippen molar-refractivity contribution in [3.05, 3.63) is 70.8 Å². The molecule has 3 aliphatic rings. The Bertz CT molecular complexity index is 1170. The second-order valence-electron chi connectivity index (χ2n) is 12.7. The molecule has 2 aromatic carbocycles. The summed E-state index contributed by atoms with van der Waals surface area (Å²) in [5.74, 6) is -0.117. The zero-order chi connectivity index (χ0) is 30.3. The van der Waals surface area contributed by atoms with Crippen LogP contribution in [0.25, 0.3) is 0 Å². The van der Waals surface area contributed by atoms with Gasteiger partial charge in [-0.05, 0) is 88.1 Å². The lowest BCUT2D eigenvalue weighted by atomic mass is 9.80. The molecule has 0 radical (unpaired) electrons. The summed E-state index contributed by atoms with van der Waals surface area (Å²) in [6.07, 6.45) is -6.95. The number of halogens is 6. The van der Waals surface area contributed by atoms with E-state index in [0.29, 0.717) is 6.61 Å². The third-order valence-corrected chi connectivity index (χ3v) is 9.11. The van der Waals surface area contributed by atoms with Gasteiger partial charge in [-0.15, -0.1) is 0 Å². The number of ether oxygens (including phenoxy) is 3. The maximum absolute atomic E-state index is 13.5. The quantitative estimate of drug-likeness (QED) is 0.312.